The third-order valence-corrected chi connectivity index (χ3v) is 4.24. The van der Waals surface area contributed by atoms with Crippen molar-refractivity contribution >= 4 is 29.9 Å². The van der Waals surface area contributed by atoms with E-state index in [0.717, 1.165) is 56.5 Å². The van der Waals surface area contributed by atoms with Crippen LogP contribution >= 0.6 is 24.0 Å². The Kier molecular flexibility index (Phi) is 10.1. The number of hydrogen-bond acceptors (Lipinski definition) is 4. The molecule has 1 fully saturated rings. The fraction of sp³-hybridized carbons (Fsp3) is 0.611. The van der Waals surface area contributed by atoms with Crippen LogP contribution in [0.4, 0.5) is 0 Å². The van der Waals surface area contributed by atoms with Crippen molar-refractivity contribution in [2.75, 3.05) is 54.0 Å². The average molecular weight is 462 g/mol. The Bertz CT molecular complexity index is 554. The molecule has 6 nitrogen and oxygen atoms in total. The summed E-state index contributed by atoms with van der Waals surface area (Å²) >= 11 is 0. The number of benzene rings is 1. The van der Waals surface area contributed by atoms with Gasteiger partial charge in [0.25, 0.3) is 0 Å². The molecule has 7 heteroatoms. The van der Waals surface area contributed by atoms with Crippen LogP contribution in [-0.2, 0) is 11.2 Å². The second-order valence-electron chi connectivity index (χ2n) is 6.19. The first kappa shape index (κ1) is 22.0. The van der Waals surface area contributed by atoms with E-state index in [4.69, 9.17) is 9.47 Å². The molecule has 0 aromatic heterocycles. The van der Waals surface area contributed by atoms with Crippen LogP contribution in [0.5, 0.6) is 5.75 Å². The van der Waals surface area contributed by atoms with Gasteiger partial charge in [-0.2, -0.15) is 0 Å². The third kappa shape index (κ3) is 7.37. The minimum atomic E-state index is 0. The number of morpholine rings is 1. The zero-order chi connectivity index (χ0) is 17.4. The summed E-state index contributed by atoms with van der Waals surface area (Å²) in [6, 6.07) is 6.33. The second-order valence-corrected chi connectivity index (χ2v) is 6.19. The summed E-state index contributed by atoms with van der Waals surface area (Å²) < 4.78 is 11.1. The second kappa shape index (κ2) is 11.5. The van der Waals surface area contributed by atoms with Crippen LogP contribution < -0.4 is 15.4 Å². The van der Waals surface area contributed by atoms with Gasteiger partial charge < -0.3 is 25.0 Å². The summed E-state index contributed by atoms with van der Waals surface area (Å²) in [5.41, 5.74) is 2.40. The van der Waals surface area contributed by atoms with E-state index < -0.39 is 0 Å². The molecule has 0 spiro atoms. The van der Waals surface area contributed by atoms with Crippen LogP contribution in [0.25, 0.3) is 0 Å². The first-order valence-corrected chi connectivity index (χ1v) is 8.50. The molecule has 142 valence electrons. The molecule has 0 saturated carbocycles. The standard InChI is InChI=1S/C18H30N4O2.HI/c1-14-5-6-15(11-17(14)23-4)7-8-20-18(19-2)21-12-16-13-22(3)9-10-24-16;/h5-6,11,16H,7-10,12-13H2,1-4H3,(H2,19,20,21);1H. The maximum atomic E-state index is 5.75. The Morgan fingerprint density at radius 2 is 2.20 bits per heavy atom. The highest BCUT2D eigenvalue weighted by atomic mass is 127. The van der Waals surface area contributed by atoms with Gasteiger partial charge >= 0.3 is 0 Å². The minimum absolute atomic E-state index is 0. The van der Waals surface area contributed by atoms with E-state index >= 15 is 0 Å². The van der Waals surface area contributed by atoms with Crippen molar-refractivity contribution in [1.29, 1.82) is 0 Å². The molecule has 1 unspecified atom stereocenters. The van der Waals surface area contributed by atoms with Gasteiger partial charge in [-0.1, -0.05) is 12.1 Å². The van der Waals surface area contributed by atoms with Gasteiger partial charge in [0.15, 0.2) is 5.96 Å². The normalized spacial score (nSPS) is 18.4. The maximum absolute atomic E-state index is 5.75. The van der Waals surface area contributed by atoms with E-state index in [-0.39, 0.29) is 30.1 Å². The summed E-state index contributed by atoms with van der Waals surface area (Å²) in [5.74, 6) is 1.75. The number of hydrogen-bond donors (Lipinski definition) is 2. The number of nitrogens with one attached hydrogen (secondary N) is 2. The molecule has 25 heavy (non-hydrogen) atoms. The summed E-state index contributed by atoms with van der Waals surface area (Å²) in [7, 11) is 5.62. The zero-order valence-electron chi connectivity index (χ0n) is 15.7. The molecular formula is C18H31IN4O2. The third-order valence-electron chi connectivity index (χ3n) is 4.24. The largest absolute Gasteiger partial charge is 0.496 e. The highest BCUT2D eigenvalue weighted by molar-refractivity contribution is 14.0. The summed E-state index contributed by atoms with van der Waals surface area (Å²) in [5, 5.41) is 6.69. The summed E-state index contributed by atoms with van der Waals surface area (Å²) in [6.07, 6.45) is 1.13. The quantitative estimate of drug-likeness (QED) is 0.383. The number of nitrogens with zero attached hydrogens (tertiary/aromatic N) is 2. The molecule has 0 radical (unpaired) electrons. The topological polar surface area (TPSA) is 58.1 Å². The van der Waals surface area contributed by atoms with Gasteiger partial charge in [0, 0.05) is 33.2 Å². The van der Waals surface area contributed by atoms with E-state index in [9.17, 15) is 0 Å². The number of aryl methyl sites for hydroxylation is 1. The van der Waals surface area contributed by atoms with Gasteiger partial charge in [-0.25, -0.2) is 0 Å². The Morgan fingerprint density at radius 1 is 1.40 bits per heavy atom. The van der Waals surface area contributed by atoms with Crippen molar-refractivity contribution < 1.29 is 9.47 Å². The van der Waals surface area contributed by atoms with E-state index in [1.807, 2.05) is 0 Å². The Morgan fingerprint density at radius 3 is 2.88 bits per heavy atom. The van der Waals surface area contributed by atoms with Crippen LogP contribution in [0.2, 0.25) is 0 Å². The van der Waals surface area contributed by atoms with Crippen molar-refractivity contribution in [2.24, 2.45) is 4.99 Å². The van der Waals surface area contributed by atoms with Crippen molar-refractivity contribution in [2.45, 2.75) is 19.4 Å². The SMILES string of the molecule is CN=C(NCCc1ccc(C)c(OC)c1)NCC1CN(C)CCO1.I. The number of likely N-dealkylation sites (N-methyl/N-ethyl adjacent to an activating group) is 1. The minimum Gasteiger partial charge on any atom is -0.496 e. The first-order chi connectivity index (χ1) is 11.6. The molecule has 1 saturated heterocycles. The molecular weight excluding hydrogens is 431 g/mol. The lowest BCUT2D eigenvalue weighted by Gasteiger charge is -2.30. The molecule has 1 aliphatic rings. The van der Waals surface area contributed by atoms with Gasteiger partial charge in [0.05, 0.1) is 19.8 Å². The summed E-state index contributed by atoms with van der Waals surface area (Å²) in [4.78, 5) is 6.56. The molecule has 0 aliphatic carbocycles. The lowest BCUT2D eigenvalue weighted by Crippen LogP contribution is -2.48. The summed E-state index contributed by atoms with van der Waals surface area (Å²) in [6.45, 7) is 6.39. The van der Waals surface area contributed by atoms with Gasteiger partial charge in [-0.05, 0) is 37.6 Å². The van der Waals surface area contributed by atoms with E-state index in [0.29, 0.717) is 0 Å². The Balaban J connectivity index is 0.00000312. The van der Waals surface area contributed by atoms with Gasteiger partial charge in [0.1, 0.15) is 5.75 Å². The van der Waals surface area contributed by atoms with E-state index in [1.165, 1.54) is 5.56 Å². The highest BCUT2D eigenvalue weighted by Crippen LogP contribution is 2.18. The average Bonchev–Trinajstić information content (AvgIpc) is 2.59. The maximum Gasteiger partial charge on any atom is 0.191 e. The fourth-order valence-corrected chi connectivity index (χ4v) is 2.77. The molecule has 1 aromatic carbocycles. The molecule has 2 rings (SSSR count). The van der Waals surface area contributed by atoms with Crippen LogP contribution in [0.3, 0.4) is 0 Å². The van der Waals surface area contributed by atoms with E-state index in [1.54, 1.807) is 14.2 Å². The van der Waals surface area contributed by atoms with E-state index in [2.05, 4.69) is 52.7 Å². The molecule has 1 heterocycles. The fourth-order valence-electron chi connectivity index (χ4n) is 2.77. The molecule has 0 bridgehead atoms. The van der Waals surface area contributed by atoms with Crippen LogP contribution in [0.1, 0.15) is 11.1 Å². The molecule has 2 N–H and O–H groups in total. The molecule has 1 aliphatic heterocycles. The lowest BCUT2D eigenvalue weighted by atomic mass is 10.1. The van der Waals surface area contributed by atoms with Crippen LogP contribution in [0, 0.1) is 6.92 Å². The predicted molar refractivity (Wildman–Crippen MR) is 113 cm³/mol. The van der Waals surface area contributed by atoms with Crippen molar-refractivity contribution in [3.63, 3.8) is 0 Å². The number of methoxy groups -OCH3 is 1. The number of rotatable bonds is 6. The molecule has 0 amide bonds. The van der Waals surface area contributed by atoms with Crippen LogP contribution in [-0.4, -0.2) is 71.0 Å². The number of ether oxygens (including phenoxy) is 2. The lowest BCUT2D eigenvalue weighted by molar-refractivity contribution is -0.0161. The number of guanidine groups is 1. The number of halogens is 1. The molecule has 1 atom stereocenters. The predicted octanol–water partition coefficient (Wildman–Crippen LogP) is 1.66. The van der Waals surface area contributed by atoms with Gasteiger partial charge in [-0.3, -0.25) is 4.99 Å². The molecule has 1 aromatic rings. The van der Waals surface area contributed by atoms with Crippen LogP contribution in [0.15, 0.2) is 23.2 Å². The van der Waals surface area contributed by atoms with Crippen molar-refractivity contribution in [1.82, 2.24) is 15.5 Å². The number of aliphatic imine (C=N–C) groups is 1. The van der Waals surface area contributed by atoms with Gasteiger partial charge in [-0.15, -0.1) is 24.0 Å². The Labute approximate surface area is 168 Å². The van der Waals surface area contributed by atoms with Gasteiger partial charge in [0.2, 0.25) is 0 Å². The smallest absolute Gasteiger partial charge is 0.191 e. The van der Waals surface area contributed by atoms with Crippen molar-refractivity contribution in [3.8, 4) is 5.75 Å². The Hall–Kier alpha value is -1.06. The monoisotopic (exact) mass is 462 g/mol. The van der Waals surface area contributed by atoms with Crippen molar-refractivity contribution in [3.05, 3.63) is 29.3 Å². The highest BCUT2D eigenvalue weighted by Gasteiger charge is 2.17. The first-order valence-electron chi connectivity index (χ1n) is 8.50. The zero-order valence-corrected chi connectivity index (χ0v) is 18.0.